The third-order valence-corrected chi connectivity index (χ3v) is 5.17. The second-order valence-corrected chi connectivity index (χ2v) is 7.39. The van der Waals surface area contributed by atoms with Crippen LogP contribution in [0.25, 0.3) is 0 Å². The van der Waals surface area contributed by atoms with Crippen LogP contribution < -0.4 is 11.1 Å². The molecule has 0 saturated heterocycles. The van der Waals surface area contributed by atoms with Crippen LogP contribution in [0.2, 0.25) is 5.02 Å². The summed E-state index contributed by atoms with van der Waals surface area (Å²) >= 11 is 5.71. The van der Waals surface area contributed by atoms with Crippen molar-refractivity contribution >= 4 is 27.3 Å². The first kappa shape index (κ1) is 15.3. The highest BCUT2D eigenvalue weighted by Crippen LogP contribution is 2.32. The molecule has 1 saturated carbocycles. The number of rotatable bonds is 6. The van der Waals surface area contributed by atoms with E-state index in [4.69, 9.17) is 17.3 Å². The lowest BCUT2D eigenvalue weighted by Gasteiger charge is -2.16. The number of carbonyl (C=O) groups excluding carboxylic acids is 1. The lowest BCUT2D eigenvalue weighted by atomic mass is 10.2. The van der Waals surface area contributed by atoms with Gasteiger partial charge >= 0.3 is 0 Å². The van der Waals surface area contributed by atoms with Gasteiger partial charge in [-0.3, -0.25) is 4.79 Å². The van der Waals surface area contributed by atoms with Gasteiger partial charge in [0.15, 0.2) is 9.84 Å². The normalized spacial score (nSPS) is 16.7. The van der Waals surface area contributed by atoms with Gasteiger partial charge in [-0.05, 0) is 43.0 Å². The van der Waals surface area contributed by atoms with Crippen LogP contribution in [0.1, 0.15) is 12.8 Å². The van der Waals surface area contributed by atoms with Crippen LogP contribution >= 0.6 is 11.6 Å². The van der Waals surface area contributed by atoms with Gasteiger partial charge in [-0.25, -0.2) is 8.42 Å². The fourth-order valence-corrected chi connectivity index (χ4v) is 3.29. The highest BCUT2D eigenvalue weighted by molar-refractivity contribution is 7.92. The van der Waals surface area contributed by atoms with E-state index in [0.29, 0.717) is 17.5 Å². The van der Waals surface area contributed by atoms with Crippen LogP contribution in [0, 0.1) is 5.92 Å². The van der Waals surface area contributed by atoms with Gasteiger partial charge in [0.2, 0.25) is 5.91 Å². The van der Waals surface area contributed by atoms with Crippen molar-refractivity contribution in [1.82, 2.24) is 5.32 Å². The van der Waals surface area contributed by atoms with Crippen molar-refractivity contribution in [3.8, 4) is 0 Å². The molecule has 1 unspecified atom stereocenters. The van der Waals surface area contributed by atoms with E-state index in [1.54, 1.807) is 0 Å². The van der Waals surface area contributed by atoms with E-state index < -0.39 is 21.5 Å². The lowest BCUT2D eigenvalue weighted by Crippen LogP contribution is -2.44. The zero-order chi connectivity index (χ0) is 14.8. The zero-order valence-corrected chi connectivity index (χ0v) is 12.5. The predicted octanol–water partition coefficient (Wildman–Crippen LogP) is 0.967. The van der Waals surface area contributed by atoms with Crippen molar-refractivity contribution in [3.63, 3.8) is 0 Å². The third kappa shape index (κ3) is 3.94. The molecule has 0 spiro atoms. The van der Waals surface area contributed by atoms with Crippen molar-refractivity contribution in [2.75, 3.05) is 12.3 Å². The molecule has 1 fully saturated rings. The maximum atomic E-state index is 12.1. The number of amides is 1. The molecule has 0 radical (unpaired) electrons. The first-order chi connectivity index (χ1) is 9.42. The lowest BCUT2D eigenvalue weighted by molar-refractivity contribution is -0.119. The number of carbonyl (C=O) groups is 1. The molecule has 7 heteroatoms. The van der Waals surface area contributed by atoms with E-state index in [1.165, 1.54) is 24.3 Å². The number of nitrogens with one attached hydrogen (secondary N) is 1. The molecule has 1 aromatic rings. The van der Waals surface area contributed by atoms with E-state index in [-0.39, 0.29) is 10.9 Å². The number of hydrogen-bond acceptors (Lipinski definition) is 4. The SMILES string of the molecule is NCC(NC(=O)CS(=O)(=O)c1ccc(Cl)cc1)C1CC1. The van der Waals surface area contributed by atoms with Crippen molar-refractivity contribution < 1.29 is 13.2 Å². The van der Waals surface area contributed by atoms with E-state index >= 15 is 0 Å². The van der Waals surface area contributed by atoms with Crippen LogP contribution in [0.15, 0.2) is 29.2 Å². The number of benzene rings is 1. The summed E-state index contributed by atoms with van der Waals surface area (Å²) in [5, 5.41) is 3.15. The molecule has 1 amide bonds. The molecule has 3 N–H and O–H groups in total. The van der Waals surface area contributed by atoms with Crippen LogP contribution in [0.3, 0.4) is 0 Å². The van der Waals surface area contributed by atoms with Gasteiger partial charge in [-0.15, -0.1) is 0 Å². The minimum absolute atomic E-state index is 0.0905. The van der Waals surface area contributed by atoms with E-state index in [9.17, 15) is 13.2 Å². The molecular formula is C13H17ClN2O3S. The van der Waals surface area contributed by atoms with Crippen LogP contribution in [0.4, 0.5) is 0 Å². The molecule has 1 atom stereocenters. The van der Waals surface area contributed by atoms with Crippen LogP contribution in [-0.4, -0.2) is 32.7 Å². The molecule has 1 aromatic carbocycles. The molecule has 2 rings (SSSR count). The smallest absolute Gasteiger partial charge is 0.235 e. The molecule has 5 nitrogen and oxygen atoms in total. The fraction of sp³-hybridized carbons (Fsp3) is 0.462. The van der Waals surface area contributed by atoms with Crippen molar-refractivity contribution in [2.24, 2.45) is 11.7 Å². The first-order valence-electron chi connectivity index (χ1n) is 6.40. The van der Waals surface area contributed by atoms with E-state index in [0.717, 1.165) is 12.8 Å². The summed E-state index contributed by atoms with van der Waals surface area (Å²) in [6, 6.07) is 5.64. The largest absolute Gasteiger partial charge is 0.351 e. The Morgan fingerprint density at radius 3 is 2.45 bits per heavy atom. The second kappa shape index (κ2) is 6.11. The Bertz CT molecular complexity index is 582. The Labute approximate surface area is 123 Å². The Hall–Kier alpha value is -1.11. The van der Waals surface area contributed by atoms with E-state index in [2.05, 4.69) is 5.32 Å². The Morgan fingerprint density at radius 1 is 1.35 bits per heavy atom. The van der Waals surface area contributed by atoms with Crippen molar-refractivity contribution in [3.05, 3.63) is 29.3 Å². The molecule has 110 valence electrons. The summed E-state index contributed by atoms with van der Waals surface area (Å²) < 4.78 is 24.1. The van der Waals surface area contributed by atoms with Gasteiger partial charge in [-0.1, -0.05) is 11.6 Å². The minimum Gasteiger partial charge on any atom is -0.351 e. The molecule has 1 aliphatic rings. The van der Waals surface area contributed by atoms with Gasteiger partial charge in [0.25, 0.3) is 0 Å². The number of sulfone groups is 1. The summed E-state index contributed by atoms with van der Waals surface area (Å²) in [4.78, 5) is 11.9. The maximum absolute atomic E-state index is 12.1. The summed E-state index contributed by atoms with van der Waals surface area (Å²) in [5.41, 5.74) is 5.57. The molecule has 0 bridgehead atoms. The summed E-state index contributed by atoms with van der Waals surface area (Å²) in [6.07, 6.45) is 2.07. The average Bonchev–Trinajstić information content (AvgIpc) is 3.20. The van der Waals surface area contributed by atoms with Crippen LogP contribution in [0.5, 0.6) is 0 Å². The molecule has 1 aliphatic carbocycles. The standard InChI is InChI=1S/C13H17ClN2O3S/c14-10-3-5-11(6-4-10)20(18,19)8-13(17)16-12(7-15)9-1-2-9/h3-6,9,12H,1-2,7-8,15H2,(H,16,17). The molecule has 0 aliphatic heterocycles. The number of halogens is 1. The van der Waals surface area contributed by atoms with E-state index in [1.807, 2.05) is 0 Å². The summed E-state index contributed by atoms with van der Waals surface area (Å²) in [6.45, 7) is 0.331. The molecular weight excluding hydrogens is 300 g/mol. The Balaban J connectivity index is 2.00. The predicted molar refractivity (Wildman–Crippen MR) is 77.2 cm³/mol. The van der Waals surface area contributed by atoms with Crippen LogP contribution in [-0.2, 0) is 14.6 Å². The number of nitrogens with two attached hydrogens (primary N) is 1. The molecule has 0 aromatic heterocycles. The average molecular weight is 317 g/mol. The minimum atomic E-state index is -3.65. The van der Waals surface area contributed by atoms with Crippen molar-refractivity contribution in [1.29, 1.82) is 0 Å². The Morgan fingerprint density at radius 2 is 1.95 bits per heavy atom. The fourth-order valence-electron chi connectivity index (χ4n) is 2.01. The zero-order valence-electron chi connectivity index (χ0n) is 10.9. The quantitative estimate of drug-likeness (QED) is 0.818. The third-order valence-electron chi connectivity index (χ3n) is 3.29. The topological polar surface area (TPSA) is 89.3 Å². The van der Waals surface area contributed by atoms with Gasteiger partial charge in [0.05, 0.1) is 4.90 Å². The Kier molecular flexibility index (Phi) is 4.67. The van der Waals surface area contributed by atoms with Gasteiger partial charge in [0, 0.05) is 17.6 Å². The monoisotopic (exact) mass is 316 g/mol. The highest BCUT2D eigenvalue weighted by atomic mass is 35.5. The number of hydrogen-bond donors (Lipinski definition) is 2. The molecule has 0 heterocycles. The van der Waals surface area contributed by atoms with Crippen molar-refractivity contribution in [2.45, 2.75) is 23.8 Å². The van der Waals surface area contributed by atoms with Gasteiger partial charge in [-0.2, -0.15) is 0 Å². The second-order valence-electron chi connectivity index (χ2n) is 4.96. The summed E-state index contributed by atoms with van der Waals surface area (Å²) in [7, 11) is -3.65. The maximum Gasteiger partial charge on any atom is 0.235 e. The molecule has 20 heavy (non-hydrogen) atoms. The summed E-state index contributed by atoms with van der Waals surface area (Å²) in [5.74, 6) is -0.692. The van der Waals surface area contributed by atoms with Gasteiger partial charge in [0.1, 0.15) is 5.75 Å². The highest BCUT2D eigenvalue weighted by Gasteiger charge is 2.32. The van der Waals surface area contributed by atoms with Gasteiger partial charge < -0.3 is 11.1 Å². The first-order valence-corrected chi connectivity index (χ1v) is 8.43.